The van der Waals surface area contributed by atoms with Gasteiger partial charge in [-0.05, 0) is 65.6 Å². The van der Waals surface area contributed by atoms with E-state index in [1.165, 1.54) is 10.6 Å². The standard InChI is InChI=1S/C29H34N4O6S/c1-37-25-4-6-27-23(18-25)17-24(20-39-27)29(34)31-26-5-3-22(21-7-9-30-10-8-21)19-28(26)38-16-15-32-11-13-33(14-12-32)40(2,35)36/h3-10,18-19,24H,11-17,20H2,1-2H3,(H,31,34). The molecular formula is C29H34N4O6S. The molecule has 11 heteroatoms. The molecule has 2 aromatic carbocycles. The van der Waals surface area contributed by atoms with Crippen molar-refractivity contribution < 1.29 is 27.4 Å². The lowest BCUT2D eigenvalue weighted by molar-refractivity contribution is -0.121. The number of carbonyl (C=O) groups excluding carboxylic acids is 1. The van der Waals surface area contributed by atoms with E-state index < -0.39 is 10.0 Å². The number of piperazine rings is 1. The van der Waals surface area contributed by atoms with Crippen LogP contribution in [0.4, 0.5) is 5.69 Å². The predicted octanol–water partition coefficient (Wildman–Crippen LogP) is 2.90. The molecule has 1 unspecified atom stereocenters. The van der Waals surface area contributed by atoms with Gasteiger partial charge in [0, 0.05) is 45.1 Å². The number of nitrogens with one attached hydrogen (secondary N) is 1. The number of nitrogens with zero attached hydrogens (tertiary/aromatic N) is 3. The smallest absolute Gasteiger partial charge is 0.231 e. The van der Waals surface area contributed by atoms with E-state index in [1.54, 1.807) is 19.5 Å². The van der Waals surface area contributed by atoms with Crippen LogP contribution in [0.15, 0.2) is 60.9 Å². The number of aromatic nitrogens is 1. The molecule has 5 rings (SSSR count). The Bertz CT molecular complexity index is 1440. The van der Waals surface area contributed by atoms with Gasteiger partial charge in [0.15, 0.2) is 0 Å². The minimum absolute atomic E-state index is 0.146. The fraction of sp³-hybridized carbons (Fsp3) is 0.379. The van der Waals surface area contributed by atoms with Crippen molar-refractivity contribution in [1.29, 1.82) is 0 Å². The van der Waals surface area contributed by atoms with Crippen LogP contribution in [0.2, 0.25) is 0 Å². The molecule has 10 nitrogen and oxygen atoms in total. The SMILES string of the molecule is COc1ccc2c(c1)CC(C(=O)Nc1ccc(-c3ccncc3)cc1OCCN1CCN(S(C)(=O)=O)CC1)CO2. The van der Waals surface area contributed by atoms with E-state index in [1.807, 2.05) is 48.5 Å². The molecule has 0 saturated carbocycles. The quantitative estimate of drug-likeness (QED) is 0.421. The largest absolute Gasteiger partial charge is 0.497 e. The van der Waals surface area contributed by atoms with Gasteiger partial charge in [0.2, 0.25) is 15.9 Å². The van der Waals surface area contributed by atoms with Crippen LogP contribution in [0, 0.1) is 5.92 Å². The third-order valence-corrected chi connectivity index (χ3v) is 8.57. The highest BCUT2D eigenvalue weighted by Crippen LogP contribution is 2.34. The highest BCUT2D eigenvalue weighted by Gasteiger charge is 2.27. The maximum atomic E-state index is 13.3. The number of amides is 1. The first kappa shape index (κ1) is 27.9. The Kier molecular flexibility index (Phi) is 8.53. The van der Waals surface area contributed by atoms with Gasteiger partial charge in [-0.1, -0.05) is 6.07 Å². The van der Waals surface area contributed by atoms with Crippen LogP contribution >= 0.6 is 0 Å². The molecule has 1 N–H and O–H groups in total. The Labute approximate surface area is 234 Å². The molecule has 0 radical (unpaired) electrons. The van der Waals surface area contributed by atoms with Crippen LogP contribution in [-0.2, 0) is 21.2 Å². The van der Waals surface area contributed by atoms with Crippen molar-refractivity contribution in [2.24, 2.45) is 5.92 Å². The van der Waals surface area contributed by atoms with Crippen molar-refractivity contribution in [2.75, 3.05) is 64.6 Å². The molecule has 1 aromatic heterocycles. The van der Waals surface area contributed by atoms with Crippen molar-refractivity contribution in [3.8, 4) is 28.4 Å². The molecule has 1 fully saturated rings. The second kappa shape index (κ2) is 12.2. The minimum Gasteiger partial charge on any atom is -0.497 e. The first-order valence-corrected chi connectivity index (χ1v) is 15.1. The molecule has 2 aliphatic rings. The van der Waals surface area contributed by atoms with E-state index in [-0.39, 0.29) is 18.4 Å². The fourth-order valence-electron chi connectivity index (χ4n) is 4.94. The number of benzene rings is 2. The summed E-state index contributed by atoms with van der Waals surface area (Å²) in [5.74, 6) is 1.55. The number of hydrogen-bond donors (Lipinski definition) is 1. The predicted molar refractivity (Wildman–Crippen MR) is 152 cm³/mol. The molecule has 40 heavy (non-hydrogen) atoms. The van der Waals surface area contributed by atoms with Crippen LogP contribution in [0.1, 0.15) is 5.56 Å². The second-order valence-corrected chi connectivity index (χ2v) is 12.0. The summed E-state index contributed by atoms with van der Waals surface area (Å²) >= 11 is 0. The second-order valence-electron chi connectivity index (χ2n) is 9.97. The third-order valence-electron chi connectivity index (χ3n) is 7.26. The molecule has 1 amide bonds. The van der Waals surface area contributed by atoms with Gasteiger partial charge in [-0.2, -0.15) is 4.31 Å². The summed E-state index contributed by atoms with van der Waals surface area (Å²) in [4.78, 5) is 19.6. The van der Waals surface area contributed by atoms with E-state index in [0.717, 1.165) is 28.2 Å². The molecule has 0 spiro atoms. The van der Waals surface area contributed by atoms with Crippen molar-refractivity contribution in [3.63, 3.8) is 0 Å². The van der Waals surface area contributed by atoms with Gasteiger partial charge in [0.1, 0.15) is 30.5 Å². The lowest BCUT2D eigenvalue weighted by Crippen LogP contribution is -2.49. The molecule has 0 aliphatic carbocycles. The maximum absolute atomic E-state index is 13.3. The summed E-state index contributed by atoms with van der Waals surface area (Å²) in [5, 5.41) is 3.05. The average molecular weight is 567 g/mol. The molecule has 212 valence electrons. The number of fused-ring (bicyclic) bond motifs is 1. The zero-order valence-electron chi connectivity index (χ0n) is 22.7. The lowest BCUT2D eigenvalue weighted by Gasteiger charge is -2.33. The van der Waals surface area contributed by atoms with E-state index >= 15 is 0 Å². The highest BCUT2D eigenvalue weighted by molar-refractivity contribution is 7.88. The van der Waals surface area contributed by atoms with E-state index in [4.69, 9.17) is 14.2 Å². The third kappa shape index (κ3) is 6.72. The molecular weight excluding hydrogens is 532 g/mol. The van der Waals surface area contributed by atoms with Gasteiger partial charge < -0.3 is 19.5 Å². The normalized spacial score (nSPS) is 17.9. The summed E-state index contributed by atoms with van der Waals surface area (Å²) in [6.07, 6.45) is 5.25. The first-order valence-electron chi connectivity index (χ1n) is 13.3. The first-order chi connectivity index (χ1) is 19.3. The van der Waals surface area contributed by atoms with Gasteiger partial charge in [-0.15, -0.1) is 0 Å². The molecule has 3 heterocycles. The Balaban J connectivity index is 1.27. The summed E-state index contributed by atoms with van der Waals surface area (Å²) in [6.45, 7) is 3.54. The number of hydrogen-bond acceptors (Lipinski definition) is 8. The van der Waals surface area contributed by atoms with Crippen molar-refractivity contribution in [1.82, 2.24) is 14.2 Å². The Morgan fingerprint density at radius 2 is 1.82 bits per heavy atom. The Morgan fingerprint density at radius 3 is 2.55 bits per heavy atom. The fourth-order valence-corrected chi connectivity index (χ4v) is 5.77. The summed E-state index contributed by atoms with van der Waals surface area (Å²) in [5.41, 5.74) is 3.45. The molecule has 3 aromatic rings. The van der Waals surface area contributed by atoms with Gasteiger partial charge in [0.25, 0.3) is 0 Å². The zero-order chi connectivity index (χ0) is 28.1. The van der Waals surface area contributed by atoms with Crippen LogP contribution in [0.5, 0.6) is 17.2 Å². The van der Waals surface area contributed by atoms with E-state index in [9.17, 15) is 13.2 Å². The van der Waals surface area contributed by atoms with E-state index in [0.29, 0.717) is 57.2 Å². The van der Waals surface area contributed by atoms with Crippen LogP contribution in [0.25, 0.3) is 11.1 Å². The average Bonchev–Trinajstić information content (AvgIpc) is 2.97. The topological polar surface area (TPSA) is 110 Å². The van der Waals surface area contributed by atoms with Gasteiger partial charge >= 0.3 is 0 Å². The number of anilines is 1. The Hall–Kier alpha value is -3.67. The van der Waals surface area contributed by atoms with Crippen LogP contribution in [-0.4, -0.2) is 87.8 Å². The van der Waals surface area contributed by atoms with E-state index in [2.05, 4.69) is 15.2 Å². The minimum atomic E-state index is -3.17. The molecule has 1 atom stereocenters. The van der Waals surface area contributed by atoms with Crippen molar-refractivity contribution >= 4 is 21.6 Å². The molecule has 0 bridgehead atoms. The Morgan fingerprint density at radius 1 is 1.05 bits per heavy atom. The van der Waals surface area contributed by atoms with Crippen molar-refractivity contribution in [3.05, 3.63) is 66.5 Å². The van der Waals surface area contributed by atoms with Gasteiger partial charge in [-0.3, -0.25) is 14.7 Å². The van der Waals surface area contributed by atoms with Crippen LogP contribution in [0.3, 0.4) is 0 Å². The summed E-state index contributed by atoms with van der Waals surface area (Å²) in [6, 6.07) is 15.2. The number of pyridine rings is 1. The molecule has 2 aliphatic heterocycles. The van der Waals surface area contributed by atoms with Crippen molar-refractivity contribution in [2.45, 2.75) is 6.42 Å². The van der Waals surface area contributed by atoms with Gasteiger partial charge in [-0.25, -0.2) is 8.42 Å². The van der Waals surface area contributed by atoms with Gasteiger partial charge in [0.05, 0.1) is 25.0 Å². The number of ether oxygens (including phenoxy) is 3. The van der Waals surface area contributed by atoms with Crippen LogP contribution < -0.4 is 19.5 Å². The lowest BCUT2D eigenvalue weighted by atomic mass is 9.95. The highest BCUT2D eigenvalue weighted by atomic mass is 32.2. The number of carbonyl (C=O) groups is 1. The summed E-state index contributed by atoms with van der Waals surface area (Å²) in [7, 11) is -1.56. The zero-order valence-corrected chi connectivity index (χ0v) is 23.5. The summed E-state index contributed by atoms with van der Waals surface area (Å²) < 4.78 is 42.5. The maximum Gasteiger partial charge on any atom is 0.231 e. The number of rotatable bonds is 9. The monoisotopic (exact) mass is 566 g/mol. The molecule has 1 saturated heterocycles. The number of methoxy groups -OCH3 is 1. The number of sulfonamides is 1.